The van der Waals surface area contributed by atoms with E-state index in [-0.39, 0.29) is 43.1 Å². The number of fused-ring (bicyclic) bond motifs is 1. The highest BCUT2D eigenvalue weighted by Crippen LogP contribution is 2.29. The predicted octanol–water partition coefficient (Wildman–Crippen LogP) is 2.57. The first-order valence-corrected chi connectivity index (χ1v) is 12.6. The van der Waals surface area contributed by atoms with E-state index in [0.717, 1.165) is 16.7 Å². The molecule has 2 heterocycles. The van der Waals surface area contributed by atoms with E-state index >= 15 is 0 Å². The summed E-state index contributed by atoms with van der Waals surface area (Å²) in [5.74, 6) is -0.244. The molecule has 0 aliphatic carbocycles. The normalized spacial score (nSPS) is 19.9. The highest BCUT2D eigenvalue weighted by atomic mass is 16.3. The van der Waals surface area contributed by atoms with Gasteiger partial charge in [-0.3, -0.25) is 9.59 Å². The number of likely N-dealkylation sites (N-methyl/N-ethyl adjacent to an activating group) is 1. The van der Waals surface area contributed by atoms with Crippen molar-refractivity contribution in [3.8, 4) is 5.75 Å². The van der Waals surface area contributed by atoms with Crippen LogP contribution in [0, 0.1) is 0 Å². The highest BCUT2D eigenvalue weighted by Gasteiger charge is 2.50. The Kier molecular flexibility index (Phi) is 7.28. The van der Waals surface area contributed by atoms with Gasteiger partial charge < -0.3 is 20.2 Å². The summed E-state index contributed by atoms with van der Waals surface area (Å²) in [5.41, 5.74) is 2.74. The van der Waals surface area contributed by atoms with Gasteiger partial charge in [0.2, 0.25) is 11.8 Å². The van der Waals surface area contributed by atoms with Crippen molar-refractivity contribution >= 4 is 17.8 Å². The Morgan fingerprint density at radius 3 is 2.18 bits per heavy atom. The van der Waals surface area contributed by atoms with Crippen LogP contribution in [0.3, 0.4) is 0 Å². The average molecular weight is 514 g/mol. The maximum Gasteiger partial charge on any atom is 0.334 e. The van der Waals surface area contributed by atoms with E-state index in [4.69, 9.17) is 0 Å². The molecule has 2 aliphatic heterocycles. The summed E-state index contributed by atoms with van der Waals surface area (Å²) in [5, 5.41) is 15.9. The molecule has 0 saturated carbocycles. The van der Waals surface area contributed by atoms with Crippen LogP contribution in [-0.2, 0) is 29.1 Å². The SMILES string of the molecule is CN1CC(=O)N2C(Cc3ccc(O)cc3)C(=O)N(Cc3ccccc3)C[C@@H]2N1C(=O)NCc1ccccc1. The van der Waals surface area contributed by atoms with Crippen molar-refractivity contribution < 1.29 is 19.5 Å². The zero-order valence-corrected chi connectivity index (χ0v) is 21.2. The van der Waals surface area contributed by atoms with Crippen molar-refractivity contribution in [1.29, 1.82) is 0 Å². The van der Waals surface area contributed by atoms with Gasteiger partial charge in [0.05, 0.1) is 13.1 Å². The third-order valence-corrected chi connectivity index (χ3v) is 7.02. The van der Waals surface area contributed by atoms with Gasteiger partial charge in [0, 0.05) is 26.6 Å². The van der Waals surface area contributed by atoms with Crippen LogP contribution in [0.15, 0.2) is 84.9 Å². The van der Waals surface area contributed by atoms with E-state index < -0.39 is 12.2 Å². The van der Waals surface area contributed by atoms with Gasteiger partial charge in [0.1, 0.15) is 18.0 Å². The number of rotatable bonds is 6. The lowest BCUT2D eigenvalue weighted by atomic mass is 9.98. The quantitative estimate of drug-likeness (QED) is 0.528. The molecule has 2 aliphatic rings. The van der Waals surface area contributed by atoms with Crippen molar-refractivity contribution in [3.63, 3.8) is 0 Å². The fourth-order valence-electron chi connectivity index (χ4n) is 5.16. The van der Waals surface area contributed by atoms with Crippen molar-refractivity contribution in [2.45, 2.75) is 31.7 Å². The number of carbonyl (C=O) groups is 3. The molecule has 38 heavy (non-hydrogen) atoms. The summed E-state index contributed by atoms with van der Waals surface area (Å²) < 4.78 is 0. The smallest absolute Gasteiger partial charge is 0.334 e. The maximum absolute atomic E-state index is 13.8. The summed E-state index contributed by atoms with van der Waals surface area (Å²) >= 11 is 0. The zero-order chi connectivity index (χ0) is 26.6. The third-order valence-electron chi connectivity index (χ3n) is 7.02. The van der Waals surface area contributed by atoms with Crippen molar-refractivity contribution in [1.82, 2.24) is 25.1 Å². The fraction of sp³-hybridized carbons (Fsp3) is 0.276. The molecule has 0 radical (unpaired) electrons. The lowest BCUT2D eigenvalue weighted by Crippen LogP contribution is -2.76. The van der Waals surface area contributed by atoms with E-state index in [0.29, 0.717) is 13.1 Å². The third kappa shape index (κ3) is 5.33. The lowest BCUT2D eigenvalue weighted by molar-refractivity contribution is -0.187. The predicted molar refractivity (Wildman–Crippen MR) is 141 cm³/mol. The Bertz CT molecular complexity index is 1290. The summed E-state index contributed by atoms with van der Waals surface area (Å²) in [6.07, 6.45) is -0.393. The minimum Gasteiger partial charge on any atom is -0.508 e. The van der Waals surface area contributed by atoms with Crippen LogP contribution in [0.2, 0.25) is 0 Å². The van der Waals surface area contributed by atoms with Gasteiger partial charge in [-0.2, -0.15) is 0 Å². The number of hydrogen-bond acceptors (Lipinski definition) is 5. The second-order valence-corrected chi connectivity index (χ2v) is 9.68. The molecule has 2 fully saturated rings. The van der Waals surface area contributed by atoms with Crippen molar-refractivity contribution in [2.24, 2.45) is 0 Å². The zero-order valence-electron chi connectivity index (χ0n) is 21.2. The molecule has 5 rings (SSSR count). The van der Waals surface area contributed by atoms with E-state index in [1.54, 1.807) is 51.1 Å². The summed E-state index contributed by atoms with van der Waals surface area (Å²) in [6, 6.07) is 24.8. The molecule has 3 aromatic carbocycles. The Labute approximate surface area is 221 Å². The van der Waals surface area contributed by atoms with E-state index in [2.05, 4.69) is 5.32 Å². The molecule has 0 bridgehead atoms. The number of hydrogen-bond donors (Lipinski definition) is 2. The van der Waals surface area contributed by atoms with Crippen LogP contribution in [-0.4, -0.2) is 75.1 Å². The lowest BCUT2D eigenvalue weighted by Gasteiger charge is -2.54. The molecular weight excluding hydrogens is 482 g/mol. The number of carbonyl (C=O) groups excluding carboxylic acids is 3. The number of nitrogens with one attached hydrogen (secondary N) is 1. The first kappa shape index (κ1) is 25.3. The maximum atomic E-state index is 13.8. The number of benzene rings is 3. The second kappa shape index (κ2) is 10.9. The molecule has 0 aromatic heterocycles. The van der Waals surface area contributed by atoms with Gasteiger partial charge in [-0.25, -0.2) is 14.8 Å². The number of nitrogens with zero attached hydrogens (tertiary/aromatic N) is 4. The van der Waals surface area contributed by atoms with E-state index in [1.165, 1.54) is 0 Å². The molecule has 9 nitrogen and oxygen atoms in total. The molecule has 4 amide bonds. The second-order valence-electron chi connectivity index (χ2n) is 9.68. The molecule has 0 spiro atoms. The Morgan fingerprint density at radius 2 is 1.53 bits per heavy atom. The van der Waals surface area contributed by atoms with Crippen molar-refractivity contribution in [2.75, 3.05) is 20.1 Å². The highest BCUT2D eigenvalue weighted by molar-refractivity contribution is 5.91. The average Bonchev–Trinajstić information content (AvgIpc) is 2.92. The molecule has 2 atom stereocenters. The number of urea groups is 1. The number of aromatic hydroxyl groups is 1. The Morgan fingerprint density at radius 1 is 0.895 bits per heavy atom. The largest absolute Gasteiger partial charge is 0.508 e. The van der Waals surface area contributed by atoms with Gasteiger partial charge >= 0.3 is 6.03 Å². The van der Waals surface area contributed by atoms with Crippen molar-refractivity contribution in [3.05, 3.63) is 102 Å². The van der Waals surface area contributed by atoms with Crippen LogP contribution < -0.4 is 5.32 Å². The molecule has 196 valence electrons. The van der Waals surface area contributed by atoms with Crippen LogP contribution in [0.4, 0.5) is 4.79 Å². The summed E-state index contributed by atoms with van der Waals surface area (Å²) in [4.78, 5) is 44.0. The van der Waals surface area contributed by atoms with Gasteiger partial charge in [-0.05, 0) is 28.8 Å². The number of phenolic OH excluding ortho intramolecular Hbond substituents is 1. The van der Waals surface area contributed by atoms with Gasteiger partial charge in [0.15, 0.2) is 0 Å². The summed E-state index contributed by atoms with van der Waals surface area (Å²) in [7, 11) is 1.71. The Hall–Kier alpha value is -4.37. The van der Waals surface area contributed by atoms with Crippen LogP contribution in [0.1, 0.15) is 16.7 Å². The first-order chi connectivity index (χ1) is 18.4. The van der Waals surface area contributed by atoms with E-state index in [1.807, 2.05) is 60.7 Å². The van der Waals surface area contributed by atoms with Gasteiger partial charge in [0.25, 0.3) is 0 Å². The number of phenols is 1. The number of amides is 4. The molecule has 2 saturated heterocycles. The van der Waals surface area contributed by atoms with Crippen LogP contribution in [0.5, 0.6) is 5.75 Å². The standard InChI is InChI=1S/C29H31N5O4/c1-31-20-27(36)33-25(16-21-12-14-24(35)15-13-21)28(37)32(18-23-10-6-3-7-11-23)19-26(33)34(31)29(38)30-17-22-8-4-2-5-9-22/h2-15,25-26,35H,16-20H2,1H3,(H,30,38)/t25?,26-/m0/s1. The van der Waals surface area contributed by atoms with E-state index in [9.17, 15) is 19.5 Å². The van der Waals surface area contributed by atoms with Crippen LogP contribution in [0.25, 0.3) is 0 Å². The topological polar surface area (TPSA) is 96.4 Å². The van der Waals surface area contributed by atoms with Gasteiger partial charge in [-0.15, -0.1) is 0 Å². The number of hydrazine groups is 1. The molecule has 2 N–H and O–H groups in total. The monoisotopic (exact) mass is 513 g/mol. The summed E-state index contributed by atoms with van der Waals surface area (Å²) in [6.45, 7) is 0.879. The molecule has 3 aromatic rings. The molecule has 1 unspecified atom stereocenters. The Balaban J connectivity index is 1.45. The molecule has 9 heteroatoms. The number of piperazine rings is 1. The minimum atomic E-state index is -0.785. The minimum absolute atomic E-state index is 0.0205. The first-order valence-electron chi connectivity index (χ1n) is 12.6. The molecular formula is C29H31N5O4. The fourth-order valence-corrected chi connectivity index (χ4v) is 5.16. The van der Waals surface area contributed by atoms with Crippen LogP contribution >= 0.6 is 0 Å². The van der Waals surface area contributed by atoms with Gasteiger partial charge in [-0.1, -0.05) is 72.8 Å².